The Bertz CT molecular complexity index is 532. The number of allylic oxidation sites excluding steroid dienone is 2. The van der Waals surface area contributed by atoms with Gasteiger partial charge in [-0.15, -0.1) is 10.2 Å². The molecule has 0 bridgehead atoms. The molecule has 1 aromatic rings. The Morgan fingerprint density at radius 1 is 0.905 bits per heavy atom. The number of hydrogen-bond donors (Lipinski definition) is 0. The third kappa shape index (κ3) is 7.05. The zero-order valence-electron chi connectivity index (χ0n) is 10.4. The highest BCUT2D eigenvalue weighted by atomic mass is 32.2. The van der Waals surface area contributed by atoms with Gasteiger partial charge in [0.25, 0.3) is 12.2 Å². The van der Waals surface area contributed by atoms with Crippen LogP contribution >= 0.6 is 11.3 Å². The van der Waals surface area contributed by atoms with E-state index in [1.165, 1.54) is 0 Å². The Morgan fingerprint density at radius 2 is 1.29 bits per heavy atom. The van der Waals surface area contributed by atoms with E-state index in [-0.39, 0.29) is 33.0 Å². The molecule has 0 fully saturated rings. The van der Waals surface area contributed by atoms with Gasteiger partial charge in [0.15, 0.2) is 0 Å². The molecule has 2 atom stereocenters. The van der Waals surface area contributed by atoms with Gasteiger partial charge in [-0.2, -0.15) is 17.6 Å². The number of halogens is 4. The standard InChI is InChI=1S/C10H10F4N2O2S3/c11-7(12)3-1-5-20(17)9-15-16-10(19-9)21(18)6-2-4-8(13)14/h3-4H,1-2,5-6H2. The van der Waals surface area contributed by atoms with Gasteiger partial charge in [-0.3, -0.25) is 8.42 Å². The maximum absolute atomic E-state index is 11.8. The van der Waals surface area contributed by atoms with E-state index in [1.54, 1.807) is 0 Å². The van der Waals surface area contributed by atoms with Crippen LogP contribution in [0.5, 0.6) is 0 Å². The summed E-state index contributed by atoms with van der Waals surface area (Å²) in [7, 11) is -3.22. The van der Waals surface area contributed by atoms with Crippen molar-refractivity contribution in [2.75, 3.05) is 11.5 Å². The summed E-state index contributed by atoms with van der Waals surface area (Å²) in [6, 6.07) is 0. The first kappa shape index (κ1) is 18.1. The van der Waals surface area contributed by atoms with E-state index >= 15 is 0 Å². The molecular formula is C10H10F4N2O2S3. The minimum Gasteiger partial charge on any atom is -0.252 e. The van der Waals surface area contributed by atoms with Gasteiger partial charge in [0.05, 0.1) is 21.6 Å². The van der Waals surface area contributed by atoms with E-state index in [0.717, 1.165) is 11.3 Å². The minimum atomic E-state index is -1.85. The van der Waals surface area contributed by atoms with Crippen LogP contribution in [0.25, 0.3) is 0 Å². The quantitative estimate of drug-likeness (QED) is 0.667. The highest BCUT2D eigenvalue weighted by Crippen LogP contribution is 2.19. The van der Waals surface area contributed by atoms with Crippen LogP contribution in [-0.4, -0.2) is 30.1 Å². The average Bonchev–Trinajstić information content (AvgIpc) is 2.87. The fourth-order valence-electron chi connectivity index (χ4n) is 1.11. The molecule has 0 radical (unpaired) electrons. The molecule has 0 spiro atoms. The minimum absolute atomic E-state index is 0.0472. The maximum atomic E-state index is 11.8. The zero-order valence-corrected chi connectivity index (χ0v) is 12.9. The highest BCUT2D eigenvalue weighted by Gasteiger charge is 2.15. The van der Waals surface area contributed by atoms with Crippen molar-refractivity contribution in [1.82, 2.24) is 10.2 Å². The van der Waals surface area contributed by atoms with Crippen LogP contribution in [0.2, 0.25) is 0 Å². The Balaban J connectivity index is 2.55. The van der Waals surface area contributed by atoms with E-state index in [2.05, 4.69) is 10.2 Å². The largest absolute Gasteiger partial charge is 0.266 e. The van der Waals surface area contributed by atoms with Gasteiger partial charge in [-0.25, -0.2) is 0 Å². The van der Waals surface area contributed by atoms with Crippen molar-refractivity contribution in [3.8, 4) is 0 Å². The molecule has 0 amide bonds. The predicted octanol–water partition coefficient (Wildman–Crippen LogP) is 3.09. The van der Waals surface area contributed by atoms with Crippen molar-refractivity contribution in [2.24, 2.45) is 0 Å². The van der Waals surface area contributed by atoms with Gasteiger partial charge in [-0.1, -0.05) is 11.3 Å². The summed E-state index contributed by atoms with van der Waals surface area (Å²) in [6.45, 7) is 0. The van der Waals surface area contributed by atoms with E-state index in [9.17, 15) is 26.0 Å². The van der Waals surface area contributed by atoms with Gasteiger partial charge < -0.3 is 0 Å². The van der Waals surface area contributed by atoms with Crippen LogP contribution < -0.4 is 0 Å². The van der Waals surface area contributed by atoms with Gasteiger partial charge in [0.1, 0.15) is 0 Å². The third-order valence-electron chi connectivity index (χ3n) is 1.98. The molecule has 4 nitrogen and oxygen atoms in total. The molecule has 0 aliphatic heterocycles. The van der Waals surface area contributed by atoms with Crippen molar-refractivity contribution in [3.63, 3.8) is 0 Å². The predicted molar refractivity (Wildman–Crippen MR) is 72.3 cm³/mol. The summed E-state index contributed by atoms with van der Waals surface area (Å²) in [4.78, 5) is 0. The molecule has 0 N–H and O–H groups in total. The molecule has 1 heterocycles. The number of hydrogen-bond acceptors (Lipinski definition) is 5. The van der Waals surface area contributed by atoms with Crippen molar-refractivity contribution in [3.05, 3.63) is 24.3 Å². The van der Waals surface area contributed by atoms with Gasteiger partial charge >= 0.3 is 0 Å². The van der Waals surface area contributed by atoms with Crippen LogP contribution in [0.15, 0.2) is 33.0 Å². The SMILES string of the molecule is O=S(CCC=C(F)F)c1nnc(S(=O)CCC=C(F)F)s1. The van der Waals surface area contributed by atoms with E-state index in [0.29, 0.717) is 12.2 Å². The lowest BCUT2D eigenvalue weighted by Gasteiger charge is -1.93. The molecule has 1 aromatic heterocycles. The number of nitrogens with zero attached hydrogens (tertiary/aromatic N) is 2. The molecule has 2 unspecified atom stereocenters. The summed E-state index contributed by atoms with van der Waals surface area (Å²) in [6.07, 6.45) is -2.55. The lowest BCUT2D eigenvalue weighted by Crippen LogP contribution is -1.96. The molecule has 0 aliphatic rings. The molecule has 0 saturated carbocycles. The summed E-state index contributed by atoms with van der Waals surface area (Å²) >= 11 is 0.828. The zero-order chi connectivity index (χ0) is 15.8. The molecule has 0 aliphatic carbocycles. The lowest BCUT2D eigenvalue weighted by molar-refractivity contribution is 0.417. The summed E-state index contributed by atoms with van der Waals surface area (Å²) in [5.41, 5.74) is 0. The van der Waals surface area contributed by atoms with Crippen molar-refractivity contribution in [1.29, 1.82) is 0 Å². The summed E-state index contributed by atoms with van der Waals surface area (Å²) in [5.74, 6) is -0.0944. The Labute approximate surface area is 126 Å². The molecule has 0 aromatic carbocycles. The Morgan fingerprint density at radius 3 is 1.62 bits per heavy atom. The van der Waals surface area contributed by atoms with Gasteiger partial charge in [0.2, 0.25) is 8.68 Å². The van der Waals surface area contributed by atoms with Crippen LogP contribution in [-0.2, 0) is 21.6 Å². The monoisotopic (exact) mass is 362 g/mol. The third-order valence-corrected chi connectivity index (χ3v) is 6.26. The molecule has 11 heteroatoms. The summed E-state index contributed by atoms with van der Waals surface area (Å²) < 4.78 is 70.8. The molecule has 118 valence electrons. The lowest BCUT2D eigenvalue weighted by atomic mass is 10.5. The van der Waals surface area contributed by atoms with E-state index in [4.69, 9.17) is 0 Å². The number of aromatic nitrogens is 2. The first-order chi connectivity index (χ1) is 9.90. The average molecular weight is 362 g/mol. The van der Waals surface area contributed by atoms with Gasteiger partial charge in [0, 0.05) is 11.5 Å². The van der Waals surface area contributed by atoms with E-state index < -0.39 is 33.8 Å². The normalized spacial score (nSPS) is 13.5. The van der Waals surface area contributed by atoms with Crippen LogP contribution in [0, 0.1) is 0 Å². The topological polar surface area (TPSA) is 59.9 Å². The maximum Gasteiger partial charge on any atom is 0.266 e. The van der Waals surface area contributed by atoms with Crippen molar-refractivity contribution in [2.45, 2.75) is 21.5 Å². The first-order valence-electron chi connectivity index (χ1n) is 5.52. The Kier molecular flexibility index (Phi) is 7.89. The second-order valence-electron chi connectivity index (χ2n) is 3.50. The Hall–Kier alpha value is -0.940. The molecule has 0 saturated heterocycles. The fraction of sp³-hybridized carbons (Fsp3) is 0.400. The highest BCUT2D eigenvalue weighted by molar-refractivity contribution is 7.89. The second kappa shape index (κ2) is 9.15. The second-order valence-corrected chi connectivity index (χ2v) is 7.96. The summed E-state index contributed by atoms with van der Waals surface area (Å²) in [5, 5.41) is 7.16. The van der Waals surface area contributed by atoms with Crippen LogP contribution in [0.4, 0.5) is 17.6 Å². The molecule has 21 heavy (non-hydrogen) atoms. The molecule has 1 rings (SSSR count). The van der Waals surface area contributed by atoms with Gasteiger partial charge in [-0.05, 0) is 25.0 Å². The fourth-order valence-corrected chi connectivity index (χ4v) is 4.57. The van der Waals surface area contributed by atoms with Crippen LogP contribution in [0.3, 0.4) is 0 Å². The molecular weight excluding hydrogens is 352 g/mol. The number of rotatable bonds is 8. The van der Waals surface area contributed by atoms with E-state index in [1.807, 2.05) is 0 Å². The van der Waals surface area contributed by atoms with Crippen molar-refractivity contribution < 1.29 is 26.0 Å². The van der Waals surface area contributed by atoms with Crippen molar-refractivity contribution >= 4 is 32.9 Å². The van der Waals surface area contributed by atoms with Crippen LogP contribution in [0.1, 0.15) is 12.8 Å². The first-order valence-corrected chi connectivity index (χ1v) is 8.98. The smallest absolute Gasteiger partial charge is 0.252 e.